The standard InChI is InChI=1S/C27H30N2O5/c1-17(2)28-24(30)16-34-22-13-11-20(12-14-22)15-23-25(27(32)33-5)19(4)29(26(23)31)18(3)21-9-7-6-8-10-21/h6-15,17-18H,16H2,1-5H3,(H,28,30)/b23-15-/t18-/m1/s1. The summed E-state index contributed by atoms with van der Waals surface area (Å²) in [5, 5.41) is 2.76. The Morgan fingerprint density at radius 1 is 1.03 bits per heavy atom. The van der Waals surface area contributed by atoms with E-state index in [1.165, 1.54) is 7.11 Å². The zero-order valence-corrected chi connectivity index (χ0v) is 20.1. The molecule has 1 heterocycles. The van der Waals surface area contributed by atoms with Crippen LogP contribution in [0.15, 0.2) is 71.4 Å². The van der Waals surface area contributed by atoms with Crippen molar-refractivity contribution >= 4 is 23.9 Å². The van der Waals surface area contributed by atoms with Gasteiger partial charge in [-0.3, -0.25) is 9.59 Å². The van der Waals surface area contributed by atoms with E-state index in [0.717, 1.165) is 5.56 Å². The largest absolute Gasteiger partial charge is 0.484 e. The van der Waals surface area contributed by atoms with E-state index in [9.17, 15) is 14.4 Å². The average molecular weight is 463 g/mol. The summed E-state index contributed by atoms with van der Waals surface area (Å²) in [5.74, 6) is -0.498. The van der Waals surface area contributed by atoms with E-state index >= 15 is 0 Å². The molecule has 0 spiro atoms. The van der Waals surface area contributed by atoms with Gasteiger partial charge in [-0.2, -0.15) is 0 Å². The maximum absolute atomic E-state index is 13.4. The third kappa shape index (κ3) is 5.54. The van der Waals surface area contributed by atoms with E-state index in [-0.39, 0.29) is 41.7 Å². The number of hydrogen-bond donors (Lipinski definition) is 1. The predicted octanol–water partition coefficient (Wildman–Crippen LogP) is 4.02. The summed E-state index contributed by atoms with van der Waals surface area (Å²) >= 11 is 0. The lowest BCUT2D eigenvalue weighted by atomic mass is 10.0. The number of hydrogen-bond acceptors (Lipinski definition) is 5. The maximum atomic E-state index is 13.4. The number of nitrogens with one attached hydrogen (secondary N) is 1. The molecule has 0 fully saturated rings. The zero-order valence-electron chi connectivity index (χ0n) is 20.1. The Hall–Kier alpha value is -3.87. The van der Waals surface area contributed by atoms with Gasteiger partial charge in [0.1, 0.15) is 5.75 Å². The van der Waals surface area contributed by atoms with Crippen LogP contribution < -0.4 is 10.1 Å². The number of esters is 1. The summed E-state index contributed by atoms with van der Waals surface area (Å²) in [7, 11) is 1.30. The molecule has 178 valence electrons. The average Bonchev–Trinajstić information content (AvgIpc) is 3.06. The van der Waals surface area contributed by atoms with Crippen molar-refractivity contribution in [3.8, 4) is 5.75 Å². The molecule has 0 bridgehead atoms. The fraction of sp³-hybridized carbons (Fsp3) is 0.296. The van der Waals surface area contributed by atoms with Gasteiger partial charge in [0, 0.05) is 11.7 Å². The predicted molar refractivity (Wildman–Crippen MR) is 130 cm³/mol. The lowest BCUT2D eigenvalue weighted by Crippen LogP contribution is -2.34. The first-order chi connectivity index (χ1) is 16.2. The molecule has 0 aromatic heterocycles. The van der Waals surface area contributed by atoms with Crippen LogP contribution in [-0.2, 0) is 19.1 Å². The molecule has 2 amide bonds. The number of rotatable bonds is 8. The second kappa shape index (κ2) is 10.8. The molecular weight excluding hydrogens is 432 g/mol. The Balaban J connectivity index is 1.85. The molecule has 0 saturated heterocycles. The summed E-state index contributed by atoms with van der Waals surface area (Å²) < 4.78 is 10.5. The van der Waals surface area contributed by atoms with E-state index in [4.69, 9.17) is 9.47 Å². The molecule has 7 nitrogen and oxygen atoms in total. The van der Waals surface area contributed by atoms with Crippen LogP contribution in [-0.4, -0.2) is 42.4 Å². The van der Waals surface area contributed by atoms with Crippen LogP contribution in [0.1, 0.15) is 44.9 Å². The highest BCUT2D eigenvalue weighted by Gasteiger charge is 2.39. The van der Waals surface area contributed by atoms with Crippen LogP contribution in [0.25, 0.3) is 6.08 Å². The van der Waals surface area contributed by atoms with E-state index in [0.29, 0.717) is 17.0 Å². The molecule has 1 aliphatic heterocycles. The second-order valence-electron chi connectivity index (χ2n) is 8.35. The van der Waals surface area contributed by atoms with Gasteiger partial charge in [-0.1, -0.05) is 42.5 Å². The third-order valence-corrected chi connectivity index (χ3v) is 5.51. The number of benzene rings is 2. The molecule has 7 heteroatoms. The molecule has 0 aliphatic carbocycles. The molecule has 1 atom stereocenters. The highest BCUT2D eigenvalue weighted by Crippen LogP contribution is 2.37. The Morgan fingerprint density at radius 2 is 1.68 bits per heavy atom. The summed E-state index contributed by atoms with van der Waals surface area (Å²) in [6.07, 6.45) is 1.67. The number of allylic oxidation sites excluding steroid dienone is 1. The van der Waals surface area contributed by atoms with Gasteiger partial charge >= 0.3 is 5.97 Å². The van der Waals surface area contributed by atoms with Crippen LogP contribution in [0.2, 0.25) is 0 Å². The molecule has 1 aliphatic rings. The van der Waals surface area contributed by atoms with E-state index < -0.39 is 5.97 Å². The van der Waals surface area contributed by atoms with Crippen LogP contribution >= 0.6 is 0 Å². The number of carbonyl (C=O) groups excluding carboxylic acids is 3. The van der Waals surface area contributed by atoms with Crippen LogP contribution in [0, 0.1) is 0 Å². The first-order valence-electron chi connectivity index (χ1n) is 11.1. The first kappa shape index (κ1) is 24.8. The fourth-order valence-electron chi connectivity index (χ4n) is 3.88. The second-order valence-corrected chi connectivity index (χ2v) is 8.35. The number of ether oxygens (including phenoxy) is 2. The molecule has 0 saturated carbocycles. The lowest BCUT2D eigenvalue weighted by Gasteiger charge is -2.26. The molecule has 1 N–H and O–H groups in total. The molecule has 0 unspecified atom stereocenters. The van der Waals surface area contributed by atoms with Crippen molar-refractivity contribution in [2.24, 2.45) is 0 Å². The van der Waals surface area contributed by atoms with Crippen molar-refractivity contribution in [1.29, 1.82) is 0 Å². The lowest BCUT2D eigenvalue weighted by molar-refractivity contribution is -0.136. The third-order valence-electron chi connectivity index (χ3n) is 5.51. The summed E-state index contributed by atoms with van der Waals surface area (Å²) in [4.78, 5) is 39.4. The van der Waals surface area contributed by atoms with Gasteiger partial charge in [0.25, 0.3) is 11.8 Å². The summed E-state index contributed by atoms with van der Waals surface area (Å²) in [6, 6.07) is 16.4. The molecule has 2 aromatic rings. The van der Waals surface area contributed by atoms with E-state index in [1.54, 1.807) is 42.2 Å². The smallest absolute Gasteiger partial charge is 0.340 e. The minimum atomic E-state index is -0.559. The van der Waals surface area contributed by atoms with Crippen molar-refractivity contribution in [2.45, 2.75) is 39.8 Å². The molecule has 34 heavy (non-hydrogen) atoms. The monoisotopic (exact) mass is 462 g/mol. The molecule has 0 radical (unpaired) electrons. The minimum absolute atomic E-state index is 0.0405. The fourth-order valence-corrected chi connectivity index (χ4v) is 3.88. The summed E-state index contributed by atoms with van der Waals surface area (Å²) in [6.45, 7) is 7.35. The zero-order chi connectivity index (χ0) is 24.8. The van der Waals surface area contributed by atoms with Crippen molar-refractivity contribution in [2.75, 3.05) is 13.7 Å². The van der Waals surface area contributed by atoms with Gasteiger partial charge < -0.3 is 19.7 Å². The van der Waals surface area contributed by atoms with Gasteiger partial charge in [0.2, 0.25) is 0 Å². The number of nitrogens with zero attached hydrogens (tertiary/aromatic N) is 1. The Bertz CT molecular complexity index is 1120. The SMILES string of the molecule is COC(=O)C1=C(C)N([C@H](C)c2ccccc2)C(=O)/C1=C\c1ccc(OCC(=O)NC(C)C)cc1. The van der Waals surface area contributed by atoms with Gasteiger partial charge in [-0.15, -0.1) is 0 Å². The number of carbonyl (C=O) groups is 3. The van der Waals surface area contributed by atoms with E-state index in [2.05, 4.69) is 5.32 Å². The normalized spacial score (nSPS) is 15.6. The quantitative estimate of drug-likeness (QED) is 0.473. The maximum Gasteiger partial charge on any atom is 0.340 e. The molecule has 3 rings (SSSR count). The van der Waals surface area contributed by atoms with Crippen molar-refractivity contribution in [3.05, 3.63) is 82.6 Å². The number of amides is 2. The van der Waals surface area contributed by atoms with Crippen molar-refractivity contribution in [1.82, 2.24) is 10.2 Å². The number of methoxy groups -OCH3 is 1. The van der Waals surface area contributed by atoms with Gasteiger partial charge in [0.05, 0.1) is 24.3 Å². The highest BCUT2D eigenvalue weighted by atomic mass is 16.5. The van der Waals surface area contributed by atoms with Crippen molar-refractivity contribution < 1.29 is 23.9 Å². The van der Waals surface area contributed by atoms with Gasteiger partial charge in [0.15, 0.2) is 6.61 Å². The highest BCUT2D eigenvalue weighted by molar-refractivity contribution is 6.16. The van der Waals surface area contributed by atoms with Crippen molar-refractivity contribution in [3.63, 3.8) is 0 Å². The van der Waals surface area contributed by atoms with Gasteiger partial charge in [-0.25, -0.2) is 4.79 Å². The molecular formula is C27H30N2O5. The Labute approximate surface area is 200 Å². The molecule has 2 aromatic carbocycles. The van der Waals surface area contributed by atoms with Crippen LogP contribution in [0.3, 0.4) is 0 Å². The topological polar surface area (TPSA) is 84.9 Å². The minimum Gasteiger partial charge on any atom is -0.484 e. The van der Waals surface area contributed by atoms with Crippen LogP contribution in [0.4, 0.5) is 0 Å². The van der Waals surface area contributed by atoms with Crippen LogP contribution in [0.5, 0.6) is 5.75 Å². The Kier molecular flexibility index (Phi) is 7.89. The first-order valence-corrected chi connectivity index (χ1v) is 11.1. The van der Waals surface area contributed by atoms with E-state index in [1.807, 2.05) is 51.1 Å². The summed E-state index contributed by atoms with van der Waals surface area (Å²) in [5.41, 5.74) is 2.75. The van der Waals surface area contributed by atoms with Gasteiger partial charge in [-0.05, 0) is 57.0 Å². The Morgan fingerprint density at radius 3 is 2.26 bits per heavy atom.